The lowest BCUT2D eigenvalue weighted by atomic mass is 10.1. The van der Waals surface area contributed by atoms with E-state index in [4.69, 9.17) is 16.2 Å². The Bertz CT molecular complexity index is 1330. The van der Waals surface area contributed by atoms with E-state index in [1.807, 2.05) is 12.1 Å². The minimum atomic E-state index is -1.34. The molecule has 14 heteroatoms. The molecule has 1 heterocycles. The van der Waals surface area contributed by atoms with Gasteiger partial charge in [-0.15, -0.1) is 0 Å². The normalized spacial score (nSPS) is 10.6. The Kier molecular flexibility index (Phi) is 10.0. The number of hydrogen-bond acceptors (Lipinski definition) is 6. The van der Waals surface area contributed by atoms with E-state index in [1.165, 1.54) is 6.20 Å². The van der Waals surface area contributed by atoms with Gasteiger partial charge in [0.05, 0.1) is 12.1 Å². The maximum absolute atomic E-state index is 13.5. The van der Waals surface area contributed by atoms with Crippen LogP contribution in [0.1, 0.15) is 12.0 Å². The van der Waals surface area contributed by atoms with Gasteiger partial charge in [0.1, 0.15) is 6.61 Å². The van der Waals surface area contributed by atoms with E-state index in [9.17, 15) is 22.8 Å². The number of carbonyl (C=O) groups excluding carboxylic acids is 1. The van der Waals surface area contributed by atoms with Crippen molar-refractivity contribution >= 4 is 17.9 Å². The largest absolute Gasteiger partial charge is 0.489 e. The van der Waals surface area contributed by atoms with Crippen LogP contribution < -0.4 is 37.7 Å². The molecule has 0 saturated carbocycles. The molecule has 0 bridgehead atoms. The summed E-state index contributed by atoms with van der Waals surface area (Å²) in [6, 6.07) is 7.56. The Hall–Kier alpha value is -4.59. The van der Waals surface area contributed by atoms with Crippen LogP contribution in [-0.4, -0.2) is 48.2 Å². The van der Waals surface area contributed by atoms with Gasteiger partial charge in [-0.05, 0) is 24.1 Å². The molecule has 0 spiro atoms. The van der Waals surface area contributed by atoms with E-state index in [2.05, 4.69) is 30.9 Å². The third-order valence-electron chi connectivity index (χ3n) is 5.05. The summed E-state index contributed by atoms with van der Waals surface area (Å²) >= 11 is 0. The Morgan fingerprint density at radius 2 is 1.79 bits per heavy atom. The number of benzene rings is 2. The van der Waals surface area contributed by atoms with Crippen LogP contribution in [0.5, 0.6) is 5.75 Å². The molecule has 0 saturated heterocycles. The summed E-state index contributed by atoms with van der Waals surface area (Å²) < 4.78 is 44.6. The molecule has 0 aliphatic heterocycles. The maximum Gasteiger partial charge on any atom is 0.321 e. The van der Waals surface area contributed by atoms with Crippen LogP contribution in [0.4, 0.5) is 23.9 Å². The van der Waals surface area contributed by atoms with Crippen LogP contribution in [0.3, 0.4) is 0 Å². The van der Waals surface area contributed by atoms with E-state index < -0.39 is 34.8 Å². The van der Waals surface area contributed by atoms with Crippen molar-refractivity contribution in [1.82, 2.24) is 20.6 Å². The first-order valence-corrected chi connectivity index (χ1v) is 11.5. The number of nitrogens with one attached hydrogen (secondary N) is 4. The molecule has 202 valence electrons. The highest BCUT2D eigenvalue weighted by atomic mass is 19.2. The molecule has 0 aliphatic rings. The zero-order chi connectivity index (χ0) is 27.5. The standard InChI is InChI=1S/C24H27F3N8O3/c25-17-10-19(27)20(11-18(17)26)38-9-8-32-24(37)35-23-33-13-16(21(36)34-23)15-4-2-14(3-5-15)12-30-6-1-7-31-22(28)29/h2-5,10-11,13,30H,1,6-9,12H2,(H4,28,29,31)(H3,32,33,34,35,36,37). The zero-order valence-electron chi connectivity index (χ0n) is 20.2. The Morgan fingerprint density at radius 1 is 1.05 bits per heavy atom. The number of rotatable bonds is 12. The second-order valence-electron chi connectivity index (χ2n) is 7.93. The summed E-state index contributed by atoms with van der Waals surface area (Å²) in [5, 5.41) is 8.03. The van der Waals surface area contributed by atoms with Crippen molar-refractivity contribution in [2.24, 2.45) is 16.5 Å². The number of guanidine groups is 1. The topological polar surface area (TPSA) is 173 Å². The smallest absolute Gasteiger partial charge is 0.321 e. The molecule has 11 nitrogen and oxygen atoms in total. The summed E-state index contributed by atoms with van der Waals surface area (Å²) in [7, 11) is 0. The first kappa shape index (κ1) is 28.0. The second-order valence-corrected chi connectivity index (χ2v) is 7.93. The van der Waals surface area contributed by atoms with Crippen molar-refractivity contribution in [3.8, 4) is 16.9 Å². The number of nitrogens with two attached hydrogens (primary N) is 2. The van der Waals surface area contributed by atoms with Crippen LogP contribution in [0, 0.1) is 17.5 Å². The molecule has 8 N–H and O–H groups in total. The van der Waals surface area contributed by atoms with Crippen LogP contribution >= 0.6 is 0 Å². The van der Waals surface area contributed by atoms with Crippen LogP contribution in [0.2, 0.25) is 0 Å². The second kappa shape index (κ2) is 13.6. The minimum Gasteiger partial charge on any atom is -0.489 e. The van der Waals surface area contributed by atoms with Crippen molar-refractivity contribution in [2.45, 2.75) is 13.0 Å². The predicted octanol–water partition coefficient (Wildman–Crippen LogP) is 1.81. The van der Waals surface area contributed by atoms with E-state index in [0.29, 0.717) is 36.3 Å². The number of nitrogens with zero attached hydrogens (tertiary/aromatic N) is 2. The third kappa shape index (κ3) is 8.51. The number of carbonyl (C=O) groups is 1. The van der Waals surface area contributed by atoms with E-state index in [-0.39, 0.29) is 25.1 Å². The van der Waals surface area contributed by atoms with Crippen LogP contribution in [-0.2, 0) is 6.54 Å². The number of anilines is 1. The SMILES string of the molecule is NC(N)=NCCCNCc1ccc(-c2cnc(NC(=O)NCCOc3cc(F)c(F)cc3F)[nH]c2=O)cc1. The fourth-order valence-corrected chi connectivity index (χ4v) is 3.20. The summed E-state index contributed by atoms with van der Waals surface area (Å²) in [5.41, 5.74) is 12.1. The lowest BCUT2D eigenvalue weighted by Crippen LogP contribution is -2.33. The van der Waals surface area contributed by atoms with Crippen molar-refractivity contribution in [3.63, 3.8) is 0 Å². The van der Waals surface area contributed by atoms with E-state index in [0.717, 1.165) is 18.5 Å². The summed E-state index contributed by atoms with van der Waals surface area (Å²) in [6.07, 6.45) is 2.13. The number of amides is 2. The van der Waals surface area contributed by atoms with Gasteiger partial charge in [0.15, 0.2) is 29.2 Å². The molecule has 2 aromatic carbocycles. The van der Waals surface area contributed by atoms with Crippen LogP contribution in [0.25, 0.3) is 11.1 Å². The molecular formula is C24H27F3N8O3. The van der Waals surface area contributed by atoms with Crippen molar-refractivity contribution < 1.29 is 22.7 Å². The molecule has 3 rings (SSSR count). The number of urea groups is 1. The highest BCUT2D eigenvalue weighted by molar-refractivity contribution is 5.87. The molecule has 38 heavy (non-hydrogen) atoms. The lowest BCUT2D eigenvalue weighted by molar-refractivity contribution is 0.246. The van der Waals surface area contributed by atoms with Gasteiger partial charge in [0.2, 0.25) is 5.95 Å². The molecule has 0 atom stereocenters. The van der Waals surface area contributed by atoms with Gasteiger partial charge < -0.3 is 26.8 Å². The van der Waals surface area contributed by atoms with E-state index in [1.54, 1.807) is 12.1 Å². The Balaban J connectivity index is 1.44. The number of H-pyrrole nitrogens is 1. The number of hydrogen-bond donors (Lipinski definition) is 6. The first-order chi connectivity index (χ1) is 18.2. The maximum atomic E-state index is 13.5. The summed E-state index contributed by atoms with van der Waals surface area (Å²) in [5.74, 6) is -4.18. The summed E-state index contributed by atoms with van der Waals surface area (Å²) in [4.78, 5) is 35.0. The van der Waals surface area contributed by atoms with Crippen molar-refractivity contribution in [3.05, 3.63) is 76.0 Å². The lowest BCUT2D eigenvalue weighted by Gasteiger charge is -2.10. The number of aromatic nitrogens is 2. The first-order valence-electron chi connectivity index (χ1n) is 11.5. The Morgan fingerprint density at radius 3 is 2.50 bits per heavy atom. The molecular weight excluding hydrogens is 505 g/mol. The Labute approximate surface area is 215 Å². The molecule has 3 aromatic rings. The van der Waals surface area contributed by atoms with Gasteiger partial charge in [-0.1, -0.05) is 24.3 Å². The summed E-state index contributed by atoms with van der Waals surface area (Å²) in [6.45, 7) is 1.61. The van der Waals surface area contributed by atoms with Crippen molar-refractivity contribution in [1.29, 1.82) is 0 Å². The molecule has 2 amide bonds. The number of ether oxygens (including phenoxy) is 1. The molecule has 1 aromatic heterocycles. The quantitative estimate of drug-likeness (QED) is 0.0893. The van der Waals surface area contributed by atoms with Gasteiger partial charge in [-0.25, -0.2) is 22.9 Å². The monoisotopic (exact) mass is 532 g/mol. The van der Waals surface area contributed by atoms with Gasteiger partial charge in [-0.3, -0.25) is 20.1 Å². The third-order valence-corrected chi connectivity index (χ3v) is 5.05. The molecule has 0 aliphatic carbocycles. The van der Waals surface area contributed by atoms with Gasteiger partial charge in [0.25, 0.3) is 5.56 Å². The highest BCUT2D eigenvalue weighted by Gasteiger charge is 2.12. The fourth-order valence-electron chi connectivity index (χ4n) is 3.20. The number of aliphatic imine (C=N–C) groups is 1. The number of halogens is 3. The molecule has 0 radical (unpaired) electrons. The average molecular weight is 533 g/mol. The van der Waals surface area contributed by atoms with Gasteiger partial charge >= 0.3 is 6.03 Å². The number of aromatic amines is 1. The molecule has 0 fully saturated rings. The van der Waals surface area contributed by atoms with E-state index >= 15 is 0 Å². The van der Waals surface area contributed by atoms with Crippen molar-refractivity contribution in [2.75, 3.05) is 31.6 Å². The highest BCUT2D eigenvalue weighted by Crippen LogP contribution is 2.20. The predicted molar refractivity (Wildman–Crippen MR) is 136 cm³/mol. The minimum absolute atomic E-state index is 0.0701. The zero-order valence-corrected chi connectivity index (χ0v) is 20.2. The average Bonchev–Trinajstić information content (AvgIpc) is 2.87. The van der Waals surface area contributed by atoms with Gasteiger partial charge in [0, 0.05) is 31.4 Å². The van der Waals surface area contributed by atoms with Gasteiger partial charge in [-0.2, -0.15) is 0 Å². The fraction of sp³-hybridized carbons (Fsp3) is 0.250. The van der Waals surface area contributed by atoms with Crippen LogP contribution in [0.15, 0.2) is 52.4 Å². The molecule has 0 unspecified atom stereocenters.